The first-order valence-corrected chi connectivity index (χ1v) is 6.76. The Morgan fingerprint density at radius 2 is 2.29 bits per heavy atom. The normalized spacial score (nSPS) is 10.4. The molecule has 0 spiro atoms. The average Bonchev–Trinajstić information content (AvgIpc) is 2.88. The zero-order valence-electron chi connectivity index (χ0n) is 12.1. The molecule has 0 fully saturated rings. The van der Waals surface area contributed by atoms with Gasteiger partial charge in [-0.1, -0.05) is 0 Å². The molecule has 1 amide bonds. The number of phenolic OH excluding ortho intramolecular Hbond substituents is 1. The Morgan fingerprint density at radius 3 is 2.90 bits per heavy atom. The Bertz CT molecular complexity index is 622. The van der Waals surface area contributed by atoms with Gasteiger partial charge in [-0.15, -0.1) is 0 Å². The standard InChI is InChI=1S/C15H19N3O3/c1-10-12(9-17-18-10)4-3-7-16-15(20)11-5-6-14(21-2)13(19)8-11/h5-6,8-9,19H,3-4,7H2,1-2H3,(H,16,20)(H,17,18). The van der Waals surface area contributed by atoms with Crippen LogP contribution in [-0.2, 0) is 6.42 Å². The third kappa shape index (κ3) is 3.75. The van der Waals surface area contributed by atoms with Crippen molar-refractivity contribution >= 4 is 5.91 Å². The van der Waals surface area contributed by atoms with Crippen molar-refractivity contribution in [1.29, 1.82) is 0 Å². The van der Waals surface area contributed by atoms with Crippen LogP contribution in [0.1, 0.15) is 28.0 Å². The maximum atomic E-state index is 11.9. The van der Waals surface area contributed by atoms with Gasteiger partial charge < -0.3 is 15.2 Å². The summed E-state index contributed by atoms with van der Waals surface area (Å²) in [4.78, 5) is 11.9. The molecule has 0 aliphatic carbocycles. The van der Waals surface area contributed by atoms with Crippen LogP contribution in [0.3, 0.4) is 0 Å². The number of amides is 1. The summed E-state index contributed by atoms with van der Waals surface area (Å²) < 4.78 is 4.94. The minimum Gasteiger partial charge on any atom is -0.504 e. The van der Waals surface area contributed by atoms with Gasteiger partial charge in [-0.05, 0) is 43.5 Å². The number of aromatic nitrogens is 2. The van der Waals surface area contributed by atoms with Gasteiger partial charge in [-0.2, -0.15) is 5.10 Å². The molecule has 0 saturated carbocycles. The monoisotopic (exact) mass is 289 g/mol. The second kappa shape index (κ2) is 6.78. The van der Waals surface area contributed by atoms with Crippen LogP contribution in [0.5, 0.6) is 11.5 Å². The van der Waals surface area contributed by atoms with Crippen LogP contribution >= 0.6 is 0 Å². The number of nitrogens with one attached hydrogen (secondary N) is 2. The van der Waals surface area contributed by atoms with Gasteiger partial charge in [-0.3, -0.25) is 9.89 Å². The number of rotatable bonds is 6. The number of H-pyrrole nitrogens is 1. The van der Waals surface area contributed by atoms with Crippen LogP contribution in [0, 0.1) is 6.92 Å². The molecule has 21 heavy (non-hydrogen) atoms. The number of carbonyl (C=O) groups is 1. The maximum absolute atomic E-state index is 11.9. The molecule has 1 aromatic carbocycles. The van der Waals surface area contributed by atoms with Crippen molar-refractivity contribution in [2.45, 2.75) is 19.8 Å². The smallest absolute Gasteiger partial charge is 0.251 e. The summed E-state index contributed by atoms with van der Waals surface area (Å²) in [7, 11) is 1.46. The van der Waals surface area contributed by atoms with Gasteiger partial charge in [0, 0.05) is 17.8 Å². The minimum atomic E-state index is -0.211. The van der Waals surface area contributed by atoms with Gasteiger partial charge in [-0.25, -0.2) is 0 Å². The molecule has 0 aliphatic heterocycles. The fourth-order valence-corrected chi connectivity index (χ4v) is 2.04. The number of hydrogen-bond donors (Lipinski definition) is 3. The summed E-state index contributed by atoms with van der Waals surface area (Å²) in [5.41, 5.74) is 2.63. The third-order valence-electron chi connectivity index (χ3n) is 3.28. The predicted octanol–water partition coefficient (Wildman–Crippen LogP) is 1.79. The number of nitrogens with zero attached hydrogens (tertiary/aromatic N) is 1. The number of ether oxygens (including phenoxy) is 1. The lowest BCUT2D eigenvalue weighted by Gasteiger charge is -2.07. The first-order chi connectivity index (χ1) is 10.1. The number of hydrogen-bond acceptors (Lipinski definition) is 4. The molecule has 6 nitrogen and oxygen atoms in total. The van der Waals surface area contributed by atoms with Crippen LogP contribution in [0.4, 0.5) is 0 Å². The van der Waals surface area contributed by atoms with Gasteiger partial charge in [0.15, 0.2) is 11.5 Å². The molecule has 2 rings (SSSR count). The molecule has 0 bridgehead atoms. The van der Waals surface area contributed by atoms with E-state index in [1.54, 1.807) is 18.3 Å². The van der Waals surface area contributed by atoms with Crippen molar-refractivity contribution in [3.8, 4) is 11.5 Å². The fourth-order valence-electron chi connectivity index (χ4n) is 2.04. The van der Waals surface area contributed by atoms with Crippen molar-refractivity contribution in [3.63, 3.8) is 0 Å². The quantitative estimate of drug-likeness (QED) is 0.708. The largest absolute Gasteiger partial charge is 0.504 e. The predicted molar refractivity (Wildman–Crippen MR) is 78.6 cm³/mol. The lowest BCUT2D eigenvalue weighted by Crippen LogP contribution is -2.24. The van der Waals surface area contributed by atoms with Crippen molar-refractivity contribution in [3.05, 3.63) is 41.2 Å². The molecule has 0 aliphatic rings. The van der Waals surface area contributed by atoms with Gasteiger partial charge in [0.2, 0.25) is 0 Å². The number of phenols is 1. The van der Waals surface area contributed by atoms with E-state index < -0.39 is 0 Å². The minimum absolute atomic E-state index is 0.0424. The van der Waals surface area contributed by atoms with E-state index in [9.17, 15) is 9.90 Å². The van der Waals surface area contributed by atoms with Crippen molar-refractivity contribution < 1.29 is 14.6 Å². The zero-order chi connectivity index (χ0) is 15.2. The summed E-state index contributed by atoms with van der Waals surface area (Å²) in [6.07, 6.45) is 3.49. The molecule has 3 N–H and O–H groups in total. The molecular formula is C15H19N3O3. The molecule has 0 atom stereocenters. The molecule has 0 saturated heterocycles. The van der Waals surface area contributed by atoms with E-state index in [-0.39, 0.29) is 11.7 Å². The Hall–Kier alpha value is -2.50. The average molecular weight is 289 g/mol. The lowest BCUT2D eigenvalue weighted by atomic mass is 10.1. The van der Waals surface area contributed by atoms with E-state index in [1.165, 1.54) is 13.2 Å². The van der Waals surface area contributed by atoms with E-state index in [1.807, 2.05) is 6.92 Å². The van der Waals surface area contributed by atoms with Crippen LogP contribution in [0.2, 0.25) is 0 Å². The highest BCUT2D eigenvalue weighted by molar-refractivity contribution is 5.94. The number of aromatic hydroxyl groups is 1. The Morgan fingerprint density at radius 1 is 1.48 bits per heavy atom. The number of methoxy groups -OCH3 is 1. The molecule has 1 heterocycles. The molecule has 6 heteroatoms. The Kier molecular flexibility index (Phi) is 4.81. The molecule has 112 valence electrons. The summed E-state index contributed by atoms with van der Waals surface area (Å²) in [6.45, 7) is 2.54. The van der Waals surface area contributed by atoms with Crippen molar-refractivity contribution in [2.24, 2.45) is 0 Å². The first kappa shape index (κ1) is 14.9. The summed E-state index contributed by atoms with van der Waals surface area (Å²) in [5, 5.41) is 19.3. The summed E-state index contributed by atoms with van der Waals surface area (Å²) >= 11 is 0. The topological polar surface area (TPSA) is 87.2 Å². The summed E-state index contributed by atoms with van der Waals surface area (Å²) in [6, 6.07) is 4.58. The van der Waals surface area contributed by atoms with E-state index in [2.05, 4.69) is 15.5 Å². The third-order valence-corrected chi connectivity index (χ3v) is 3.28. The molecule has 2 aromatic rings. The van der Waals surface area contributed by atoms with Gasteiger partial charge in [0.05, 0.1) is 13.3 Å². The van der Waals surface area contributed by atoms with E-state index in [0.717, 1.165) is 24.1 Å². The number of benzene rings is 1. The highest BCUT2D eigenvalue weighted by Gasteiger charge is 2.09. The van der Waals surface area contributed by atoms with Crippen LogP contribution < -0.4 is 10.1 Å². The molecular weight excluding hydrogens is 270 g/mol. The van der Waals surface area contributed by atoms with Crippen LogP contribution in [-0.4, -0.2) is 34.9 Å². The lowest BCUT2D eigenvalue weighted by molar-refractivity contribution is 0.0953. The Balaban J connectivity index is 1.82. The number of aromatic amines is 1. The fraction of sp³-hybridized carbons (Fsp3) is 0.333. The van der Waals surface area contributed by atoms with Crippen molar-refractivity contribution in [2.75, 3.05) is 13.7 Å². The highest BCUT2D eigenvalue weighted by atomic mass is 16.5. The van der Waals surface area contributed by atoms with E-state index in [0.29, 0.717) is 17.9 Å². The molecule has 0 unspecified atom stereocenters. The van der Waals surface area contributed by atoms with Gasteiger partial charge in [0.25, 0.3) is 5.91 Å². The number of aryl methyl sites for hydroxylation is 2. The zero-order valence-corrected chi connectivity index (χ0v) is 12.1. The van der Waals surface area contributed by atoms with Gasteiger partial charge >= 0.3 is 0 Å². The number of carbonyl (C=O) groups excluding carboxylic acids is 1. The highest BCUT2D eigenvalue weighted by Crippen LogP contribution is 2.26. The van der Waals surface area contributed by atoms with Crippen molar-refractivity contribution in [1.82, 2.24) is 15.5 Å². The maximum Gasteiger partial charge on any atom is 0.251 e. The first-order valence-electron chi connectivity index (χ1n) is 6.76. The van der Waals surface area contributed by atoms with E-state index in [4.69, 9.17) is 4.74 Å². The van der Waals surface area contributed by atoms with E-state index >= 15 is 0 Å². The SMILES string of the molecule is COc1ccc(C(=O)NCCCc2cn[nH]c2C)cc1O. The molecule has 1 aromatic heterocycles. The van der Waals surface area contributed by atoms with Gasteiger partial charge in [0.1, 0.15) is 0 Å². The second-order valence-electron chi connectivity index (χ2n) is 4.77. The Labute approximate surface area is 123 Å². The van der Waals surface area contributed by atoms with Crippen LogP contribution in [0.25, 0.3) is 0 Å². The summed E-state index contributed by atoms with van der Waals surface area (Å²) in [5.74, 6) is 0.0954. The molecule has 0 radical (unpaired) electrons. The van der Waals surface area contributed by atoms with Crippen LogP contribution in [0.15, 0.2) is 24.4 Å². The second-order valence-corrected chi connectivity index (χ2v) is 4.77.